The Hall–Kier alpha value is -3.54. The minimum Gasteiger partial charge on any atom is -0.497 e. The van der Waals surface area contributed by atoms with E-state index in [0.29, 0.717) is 5.76 Å². The van der Waals surface area contributed by atoms with Crippen molar-refractivity contribution in [1.29, 1.82) is 0 Å². The fourth-order valence-electron chi connectivity index (χ4n) is 5.94. The number of hydrogen-bond donors (Lipinski definition) is 1. The Balaban J connectivity index is 1.49. The number of allylic oxidation sites excluding steroid dienone is 4. The van der Waals surface area contributed by atoms with Crippen molar-refractivity contribution in [3.63, 3.8) is 0 Å². The second-order valence-electron chi connectivity index (χ2n) is 10.4. The van der Waals surface area contributed by atoms with Gasteiger partial charge in [-0.2, -0.15) is 0 Å². The van der Waals surface area contributed by atoms with Crippen LogP contribution >= 0.6 is 0 Å². The molecule has 3 aliphatic rings. The molecule has 0 saturated heterocycles. The molecule has 2 aliphatic carbocycles. The number of ether oxygens (including phenoxy) is 2. The summed E-state index contributed by atoms with van der Waals surface area (Å²) in [7, 11) is 1.71. The van der Waals surface area contributed by atoms with E-state index in [-0.39, 0.29) is 23.5 Å². The number of nitrogens with zero attached hydrogens (tertiary/aromatic N) is 1. The first-order valence-corrected chi connectivity index (χ1v) is 14.0. The highest BCUT2D eigenvalue weighted by Gasteiger charge is 2.38. The lowest BCUT2D eigenvalue weighted by Gasteiger charge is -2.29. The van der Waals surface area contributed by atoms with Crippen molar-refractivity contribution >= 4 is 11.7 Å². The standard InChI is InChI=1S/C32H37NO5/c1-3-4-5-6-7-8-11-21-16-17-26(37-28-19-18-27(38-28)32(34)35)31-29(21)30-24(14-10-15-25(30)33-31)22-12-9-13-23(20-22)36-2/h9,12-13,16-21,24H,3-8,10-11,14-15H2,1-2H3,(H,34,35). The van der Waals surface area contributed by atoms with Crippen LogP contribution in [0.1, 0.15) is 93.2 Å². The van der Waals surface area contributed by atoms with E-state index in [0.717, 1.165) is 42.8 Å². The van der Waals surface area contributed by atoms with Crippen molar-refractivity contribution in [2.45, 2.75) is 77.0 Å². The van der Waals surface area contributed by atoms with Crippen molar-refractivity contribution in [3.8, 4) is 11.7 Å². The van der Waals surface area contributed by atoms with Crippen LogP contribution in [-0.4, -0.2) is 23.9 Å². The number of hydrogen-bond acceptors (Lipinski definition) is 5. The van der Waals surface area contributed by atoms with E-state index in [9.17, 15) is 9.90 Å². The molecule has 0 radical (unpaired) electrons. The third kappa shape index (κ3) is 5.50. The number of fused-ring (bicyclic) bond motifs is 2. The lowest BCUT2D eigenvalue weighted by Crippen LogP contribution is -2.20. The van der Waals surface area contributed by atoms with Crippen molar-refractivity contribution in [3.05, 3.63) is 82.5 Å². The molecule has 1 saturated carbocycles. The number of aliphatic imine (C=N–C) groups is 1. The molecule has 2 aromatic rings. The summed E-state index contributed by atoms with van der Waals surface area (Å²) in [5, 5.41) is 9.24. The molecular weight excluding hydrogens is 478 g/mol. The van der Waals surface area contributed by atoms with Crippen molar-refractivity contribution in [2.24, 2.45) is 10.9 Å². The summed E-state index contributed by atoms with van der Waals surface area (Å²) < 4.78 is 17.0. The Kier molecular flexibility index (Phi) is 8.16. The quantitative estimate of drug-likeness (QED) is 0.288. The SMILES string of the molecule is CCCCCCCCC1C=CC(Oc2ccc(C(=O)O)o2)=C2N=C3CCCC(c4cccc(OC)c4)C3=C21. The molecule has 1 aromatic carbocycles. The van der Waals surface area contributed by atoms with Gasteiger partial charge in [-0.25, -0.2) is 9.79 Å². The van der Waals surface area contributed by atoms with Crippen LogP contribution < -0.4 is 9.47 Å². The van der Waals surface area contributed by atoms with Gasteiger partial charge in [0.1, 0.15) is 11.4 Å². The molecule has 1 N–H and O–H groups in total. The molecule has 2 heterocycles. The van der Waals surface area contributed by atoms with Gasteiger partial charge in [0.15, 0.2) is 5.76 Å². The molecule has 5 rings (SSSR count). The van der Waals surface area contributed by atoms with Crippen molar-refractivity contribution < 1.29 is 23.8 Å². The van der Waals surface area contributed by atoms with Gasteiger partial charge in [0.2, 0.25) is 5.76 Å². The molecule has 0 spiro atoms. The maximum absolute atomic E-state index is 11.3. The van der Waals surface area contributed by atoms with E-state index >= 15 is 0 Å². The summed E-state index contributed by atoms with van der Waals surface area (Å²) >= 11 is 0. The van der Waals surface area contributed by atoms with Crippen LogP contribution in [0.25, 0.3) is 0 Å². The van der Waals surface area contributed by atoms with Gasteiger partial charge in [0.25, 0.3) is 5.95 Å². The number of carboxylic acid groups (broad SMARTS) is 1. The number of carbonyl (C=O) groups is 1. The molecule has 1 aliphatic heterocycles. The number of carboxylic acids is 1. The lowest BCUT2D eigenvalue weighted by atomic mass is 9.73. The molecule has 6 nitrogen and oxygen atoms in total. The topological polar surface area (TPSA) is 81.3 Å². The molecule has 1 aromatic heterocycles. The van der Waals surface area contributed by atoms with Gasteiger partial charge in [-0.3, -0.25) is 0 Å². The Morgan fingerprint density at radius 1 is 1.11 bits per heavy atom. The summed E-state index contributed by atoms with van der Waals surface area (Å²) in [6, 6.07) is 11.4. The highest BCUT2D eigenvalue weighted by Crippen LogP contribution is 2.49. The van der Waals surface area contributed by atoms with Crippen LogP contribution in [0.15, 0.2) is 80.6 Å². The van der Waals surface area contributed by atoms with E-state index in [1.807, 2.05) is 12.1 Å². The smallest absolute Gasteiger partial charge is 0.371 e. The van der Waals surface area contributed by atoms with E-state index in [1.165, 1.54) is 61.3 Å². The van der Waals surface area contributed by atoms with E-state index in [4.69, 9.17) is 18.9 Å². The highest BCUT2D eigenvalue weighted by atomic mass is 16.6. The fraction of sp³-hybridized carbons (Fsp3) is 0.438. The van der Waals surface area contributed by atoms with Crippen LogP contribution in [0.5, 0.6) is 11.7 Å². The molecule has 1 fully saturated rings. The first kappa shape index (κ1) is 26.1. The minimum absolute atomic E-state index is 0.144. The summed E-state index contributed by atoms with van der Waals surface area (Å²) in [4.78, 5) is 16.4. The van der Waals surface area contributed by atoms with Gasteiger partial charge in [-0.05, 0) is 66.7 Å². The average Bonchev–Trinajstić information content (AvgIpc) is 3.57. The number of furan rings is 1. The number of aromatic carboxylic acids is 1. The van der Waals surface area contributed by atoms with Gasteiger partial charge < -0.3 is 19.0 Å². The number of unbranched alkanes of at least 4 members (excludes halogenated alkanes) is 5. The van der Waals surface area contributed by atoms with Crippen LogP contribution in [0.2, 0.25) is 0 Å². The number of rotatable bonds is 12. The summed E-state index contributed by atoms with van der Waals surface area (Å²) in [5.74, 6) is 0.914. The second-order valence-corrected chi connectivity index (χ2v) is 10.4. The van der Waals surface area contributed by atoms with Gasteiger partial charge in [-0.15, -0.1) is 0 Å². The number of methoxy groups -OCH3 is 1. The van der Waals surface area contributed by atoms with Crippen molar-refractivity contribution in [2.75, 3.05) is 7.11 Å². The zero-order valence-corrected chi connectivity index (χ0v) is 22.4. The molecule has 0 amide bonds. The van der Waals surface area contributed by atoms with Crippen LogP contribution in [0, 0.1) is 5.92 Å². The maximum atomic E-state index is 11.3. The largest absolute Gasteiger partial charge is 0.497 e. The van der Waals surface area contributed by atoms with Crippen LogP contribution in [0.4, 0.5) is 0 Å². The molecule has 200 valence electrons. The van der Waals surface area contributed by atoms with Crippen molar-refractivity contribution in [1.82, 2.24) is 0 Å². The van der Waals surface area contributed by atoms with Gasteiger partial charge >= 0.3 is 5.97 Å². The fourth-order valence-corrected chi connectivity index (χ4v) is 5.94. The second kappa shape index (κ2) is 11.9. The molecular formula is C32H37NO5. The third-order valence-electron chi connectivity index (χ3n) is 7.81. The van der Waals surface area contributed by atoms with Gasteiger partial charge in [-0.1, -0.05) is 63.7 Å². The predicted octanol–water partition coefficient (Wildman–Crippen LogP) is 8.23. The zero-order chi connectivity index (χ0) is 26.5. The molecule has 2 atom stereocenters. The zero-order valence-electron chi connectivity index (χ0n) is 22.4. The minimum atomic E-state index is -1.12. The Bertz CT molecular complexity index is 1290. The van der Waals surface area contributed by atoms with Crippen LogP contribution in [-0.2, 0) is 0 Å². The van der Waals surface area contributed by atoms with E-state index in [2.05, 4.69) is 31.2 Å². The Morgan fingerprint density at radius 2 is 1.95 bits per heavy atom. The molecule has 38 heavy (non-hydrogen) atoms. The van der Waals surface area contributed by atoms with Crippen LogP contribution in [0.3, 0.4) is 0 Å². The number of benzene rings is 1. The maximum Gasteiger partial charge on any atom is 0.371 e. The summed E-state index contributed by atoms with van der Waals surface area (Å²) in [6.45, 7) is 2.25. The first-order chi connectivity index (χ1) is 18.6. The Labute approximate surface area is 224 Å². The Morgan fingerprint density at radius 3 is 2.74 bits per heavy atom. The average molecular weight is 516 g/mol. The third-order valence-corrected chi connectivity index (χ3v) is 7.81. The molecule has 2 unspecified atom stereocenters. The molecule has 0 bridgehead atoms. The van der Waals surface area contributed by atoms with Gasteiger partial charge in [0, 0.05) is 23.6 Å². The van der Waals surface area contributed by atoms with E-state index in [1.54, 1.807) is 13.2 Å². The lowest BCUT2D eigenvalue weighted by molar-refractivity contribution is 0.0656. The first-order valence-electron chi connectivity index (χ1n) is 14.0. The monoisotopic (exact) mass is 515 g/mol. The van der Waals surface area contributed by atoms with E-state index < -0.39 is 5.97 Å². The highest BCUT2D eigenvalue weighted by molar-refractivity contribution is 6.07. The molecule has 6 heteroatoms. The summed E-state index contributed by atoms with van der Waals surface area (Å²) in [6.07, 6.45) is 16.0. The predicted molar refractivity (Wildman–Crippen MR) is 148 cm³/mol. The summed E-state index contributed by atoms with van der Waals surface area (Å²) in [5.41, 5.74) is 5.89. The van der Waals surface area contributed by atoms with Gasteiger partial charge in [0.05, 0.1) is 7.11 Å². The normalized spacial score (nSPS) is 20.3.